The summed E-state index contributed by atoms with van der Waals surface area (Å²) in [7, 11) is 0. The fourth-order valence-corrected chi connectivity index (χ4v) is 4.19. The number of hydrogen-bond donors (Lipinski definition) is 1. The van der Waals surface area contributed by atoms with E-state index in [9.17, 15) is 22.8 Å². The summed E-state index contributed by atoms with van der Waals surface area (Å²) in [6, 6.07) is 12.5. The first-order valence-electron chi connectivity index (χ1n) is 10.9. The summed E-state index contributed by atoms with van der Waals surface area (Å²) in [5, 5.41) is 2.91. The van der Waals surface area contributed by atoms with Crippen LogP contribution in [0, 0.1) is 5.92 Å². The molecule has 2 aromatic rings. The van der Waals surface area contributed by atoms with E-state index in [-0.39, 0.29) is 30.5 Å². The molecule has 2 aliphatic rings. The maximum absolute atomic E-state index is 13.0. The van der Waals surface area contributed by atoms with E-state index in [1.54, 1.807) is 0 Å². The molecular weight excluding hydrogens is 435 g/mol. The molecule has 0 aliphatic carbocycles. The van der Waals surface area contributed by atoms with Gasteiger partial charge in [0.05, 0.1) is 24.7 Å². The second-order valence-electron chi connectivity index (χ2n) is 8.33. The van der Waals surface area contributed by atoms with Gasteiger partial charge in [-0.15, -0.1) is 0 Å². The number of benzene rings is 2. The third-order valence-electron chi connectivity index (χ3n) is 6.05. The molecule has 6 nitrogen and oxygen atoms in total. The summed E-state index contributed by atoms with van der Waals surface area (Å²) < 4.78 is 44.5. The maximum Gasteiger partial charge on any atom is 0.416 e. The lowest BCUT2D eigenvalue weighted by atomic mass is 10.1. The summed E-state index contributed by atoms with van der Waals surface area (Å²) in [6.45, 7) is 4.27. The highest BCUT2D eigenvalue weighted by atomic mass is 19.4. The Labute approximate surface area is 190 Å². The summed E-state index contributed by atoms with van der Waals surface area (Å²) in [4.78, 5) is 28.8. The third kappa shape index (κ3) is 5.72. The van der Waals surface area contributed by atoms with Gasteiger partial charge in [-0.1, -0.05) is 30.3 Å². The predicted molar refractivity (Wildman–Crippen MR) is 116 cm³/mol. The highest BCUT2D eigenvalue weighted by Gasteiger charge is 2.36. The van der Waals surface area contributed by atoms with Crippen LogP contribution in [0.25, 0.3) is 0 Å². The van der Waals surface area contributed by atoms with E-state index in [1.165, 1.54) is 17.0 Å². The Kier molecular flexibility index (Phi) is 6.99. The molecule has 2 fully saturated rings. The Morgan fingerprint density at radius 1 is 1.06 bits per heavy atom. The van der Waals surface area contributed by atoms with E-state index in [4.69, 9.17) is 4.74 Å². The molecule has 4 rings (SSSR count). The zero-order chi connectivity index (χ0) is 23.4. The molecule has 9 heteroatoms. The van der Waals surface area contributed by atoms with Gasteiger partial charge in [-0.25, -0.2) is 0 Å². The second kappa shape index (κ2) is 9.93. The minimum Gasteiger partial charge on any atom is -0.379 e. The Balaban J connectivity index is 1.37. The standard InChI is InChI=1S/C24H26F3N3O3/c25-24(26,27)20-6-3-7-21(13-20)30-16-19(12-22(30)31)23(32)28-14-17-4-1-2-5-18(17)15-29-8-10-33-11-9-29/h1-7,13,19H,8-12,14-16H2,(H,28,32). The monoisotopic (exact) mass is 461 g/mol. The van der Waals surface area contributed by atoms with Crippen LogP contribution in [0.3, 0.4) is 0 Å². The predicted octanol–water partition coefficient (Wildman–Crippen LogP) is 3.21. The SMILES string of the molecule is O=C(NCc1ccccc1CN1CCOCC1)C1CC(=O)N(c2cccc(C(F)(F)F)c2)C1. The molecule has 2 aliphatic heterocycles. The maximum atomic E-state index is 13.0. The van der Waals surface area contributed by atoms with E-state index < -0.39 is 17.7 Å². The van der Waals surface area contributed by atoms with Gasteiger partial charge in [-0.3, -0.25) is 14.5 Å². The first-order chi connectivity index (χ1) is 15.8. The number of nitrogens with one attached hydrogen (secondary N) is 1. The smallest absolute Gasteiger partial charge is 0.379 e. The minimum absolute atomic E-state index is 0.0303. The summed E-state index contributed by atoms with van der Waals surface area (Å²) >= 11 is 0. The highest BCUT2D eigenvalue weighted by Crippen LogP contribution is 2.33. The van der Waals surface area contributed by atoms with Gasteiger partial charge >= 0.3 is 6.18 Å². The molecule has 2 aromatic carbocycles. The Hall–Kier alpha value is -2.91. The number of alkyl halides is 3. The van der Waals surface area contributed by atoms with Crippen LogP contribution in [0.5, 0.6) is 0 Å². The van der Waals surface area contributed by atoms with Crippen molar-refractivity contribution in [1.29, 1.82) is 0 Å². The van der Waals surface area contributed by atoms with Gasteiger partial charge in [0.2, 0.25) is 11.8 Å². The zero-order valence-electron chi connectivity index (χ0n) is 18.1. The number of carbonyl (C=O) groups excluding carboxylic acids is 2. The number of hydrogen-bond acceptors (Lipinski definition) is 4. The van der Waals surface area contributed by atoms with Crippen molar-refractivity contribution in [2.45, 2.75) is 25.7 Å². The number of ether oxygens (including phenoxy) is 1. The van der Waals surface area contributed by atoms with E-state index >= 15 is 0 Å². The summed E-state index contributed by atoms with van der Waals surface area (Å²) in [5.74, 6) is -1.25. The van der Waals surface area contributed by atoms with Crippen LogP contribution in [-0.4, -0.2) is 49.6 Å². The molecule has 33 heavy (non-hydrogen) atoms. The number of rotatable bonds is 6. The third-order valence-corrected chi connectivity index (χ3v) is 6.05. The molecule has 2 heterocycles. The molecule has 0 radical (unpaired) electrons. The highest BCUT2D eigenvalue weighted by molar-refractivity contribution is 6.00. The van der Waals surface area contributed by atoms with E-state index in [0.717, 1.165) is 42.9 Å². The first-order valence-corrected chi connectivity index (χ1v) is 10.9. The van der Waals surface area contributed by atoms with Crippen molar-refractivity contribution >= 4 is 17.5 Å². The van der Waals surface area contributed by atoms with Crippen LogP contribution in [-0.2, 0) is 33.6 Å². The van der Waals surface area contributed by atoms with Gasteiger partial charge in [0.25, 0.3) is 0 Å². The second-order valence-corrected chi connectivity index (χ2v) is 8.33. The summed E-state index contributed by atoms with van der Waals surface area (Å²) in [6.07, 6.45) is -4.53. The molecule has 2 saturated heterocycles. The quantitative estimate of drug-likeness (QED) is 0.718. The van der Waals surface area contributed by atoms with Gasteiger partial charge in [0.1, 0.15) is 0 Å². The van der Waals surface area contributed by atoms with Crippen LogP contribution >= 0.6 is 0 Å². The molecule has 1 atom stereocenters. The fraction of sp³-hybridized carbons (Fsp3) is 0.417. The lowest BCUT2D eigenvalue weighted by Gasteiger charge is -2.27. The lowest BCUT2D eigenvalue weighted by Crippen LogP contribution is -2.36. The zero-order valence-corrected chi connectivity index (χ0v) is 18.1. The lowest BCUT2D eigenvalue weighted by molar-refractivity contribution is -0.137. The topological polar surface area (TPSA) is 61.9 Å². The normalized spacial score (nSPS) is 19.7. The molecule has 1 N–H and O–H groups in total. The Morgan fingerprint density at radius 2 is 1.79 bits per heavy atom. The van der Waals surface area contributed by atoms with Crippen molar-refractivity contribution in [3.63, 3.8) is 0 Å². The van der Waals surface area contributed by atoms with Crippen molar-refractivity contribution in [2.24, 2.45) is 5.92 Å². The molecular formula is C24H26F3N3O3. The molecule has 1 unspecified atom stereocenters. The van der Waals surface area contributed by atoms with Crippen molar-refractivity contribution in [3.05, 3.63) is 65.2 Å². The largest absolute Gasteiger partial charge is 0.416 e. The fourth-order valence-electron chi connectivity index (χ4n) is 4.19. The van der Waals surface area contributed by atoms with E-state index in [1.807, 2.05) is 24.3 Å². The minimum atomic E-state index is -4.50. The average molecular weight is 461 g/mol. The van der Waals surface area contributed by atoms with Crippen LogP contribution < -0.4 is 10.2 Å². The summed E-state index contributed by atoms with van der Waals surface area (Å²) in [5.41, 5.74) is 1.45. The molecule has 0 saturated carbocycles. The van der Waals surface area contributed by atoms with Crippen LogP contribution in [0.2, 0.25) is 0 Å². The van der Waals surface area contributed by atoms with Crippen LogP contribution in [0.1, 0.15) is 23.1 Å². The number of halogens is 3. The van der Waals surface area contributed by atoms with Crippen molar-refractivity contribution in [2.75, 3.05) is 37.7 Å². The van der Waals surface area contributed by atoms with Gasteiger partial charge in [0, 0.05) is 44.8 Å². The Bertz CT molecular complexity index is 1010. The number of nitrogens with zero attached hydrogens (tertiary/aromatic N) is 2. The molecule has 2 amide bonds. The molecule has 0 bridgehead atoms. The number of amides is 2. The van der Waals surface area contributed by atoms with Gasteiger partial charge in [-0.05, 0) is 29.3 Å². The number of carbonyl (C=O) groups is 2. The van der Waals surface area contributed by atoms with Crippen LogP contribution in [0.4, 0.5) is 18.9 Å². The molecule has 176 valence electrons. The average Bonchev–Trinajstić information content (AvgIpc) is 3.20. The number of anilines is 1. The Morgan fingerprint density at radius 3 is 2.52 bits per heavy atom. The van der Waals surface area contributed by atoms with E-state index in [2.05, 4.69) is 10.2 Å². The van der Waals surface area contributed by atoms with Crippen molar-refractivity contribution in [3.8, 4) is 0 Å². The van der Waals surface area contributed by atoms with Gasteiger partial charge in [0.15, 0.2) is 0 Å². The van der Waals surface area contributed by atoms with Gasteiger partial charge in [-0.2, -0.15) is 13.2 Å². The van der Waals surface area contributed by atoms with Gasteiger partial charge < -0.3 is 15.0 Å². The van der Waals surface area contributed by atoms with Crippen molar-refractivity contribution in [1.82, 2.24) is 10.2 Å². The molecule has 0 spiro atoms. The number of morpholine rings is 1. The van der Waals surface area contributed by atoms with Crippen molar-refractivity contribution < 1.29 is 27.5 Å². The van der Waals surface area contributed by atoms with E-state index in [0.29, 0.717) is 19.8 Å². The first kappa shape index (κ1) is 23.3. The van der Waals surface area contributed by atoms with Crippen LogP contribution in [0.15, 0.2) is 48.5 Å². The molecule has 0 aromatic heterocycles.